The molecule has 0 radical (unpaired) electrons. The van der Waals surface area contributed by atoms with E-state index in [-0.39, 0.29) is 16.8 Å². The lowest BCUT2D eigenvalue weighted by Gasteiger charge is -2.21. The van der Waals surface area contributed by atoms with Gasteiger partial charge in [-0.25, -0.2) is 8.42 Å². The van der Waals surface area contributed by atoms with Crippen molar-refractivity contribution in [2.75, 3.05) is 25.5 Å². The minimum Gasteiger partial charge on any atom is -0.322 e. The van der Waals surface area contributed by atoms with Gasteiger partial charge in [0.05, 0.1) is 4.90 Å². The first-order valence-corrected chi connectivity index (χ1v) is 11.4. The second kappa shape index (κ2) is 9.07. The maximum atomic E-state index is 12.9. The Hall–Kier alpha value is -2.22. The zero-order valence-corrected chi connectivity index (χ0v) is 18.1. The fourth-order valence-corrected chi connectivity index (χ4v) is 4.81. The molecule has 0 spiro atoms. The summed E-state index contributed by atoms with van der Waals surface area (Å²) in [5, 5.41) is 2.96. The molecule has 1 N–H and O–H groups in total. The van der Waals surface area contributed by atoms with Crippen LogP contribution in [0, 0.1) is 0 Å². The molecule has 1 aliphatic heterocycles. The average Bonchev–Trinajstić information content (AvgIpc) is 3.22. The van der Waals surface area contributed by atoms with E-state index in [0.717, 1.165) is 30.9 Å². The van der Waals surface area contributed by atoms with E-state index in [9.17, 15) is 13.2 Å². The molecule has 1 heterocycles. The van der Waals surface area contributed by atoms with Gasteiger partial charge in [-0.3, -0.25) is 9.69 Å². The zero-order valence-electron chi connectivity index (χ0n) is 17.3. The first kappa shape index (κ1) is 21.5. The van der Waals surface area contributed by atoms with Gasteiger partial charge >= 0.3 is 0 Å². The molecular weight excluding hydrogens is 386 g/mol. The predicted molar refractivity (Wildman–Crippen MR) is 115 cm³/mol. The number of anilines is 1. The molecule has 1 amide bonds. The molecule has 7 heteroatoms. The van der Waals surface area contributed by atoms with Gasteiger partial charge < -0.3 is 5.32 Å². The first-order chi connectivity index (χ1) is 13.8. The maximum Gasteiger partial charge on any atom is 0.255 e. The van der Waals surface area contributed by atoms with E-state index < -0.39 is 10.0 Å². The topological polar surface area (TPSA) is 69.7 Å². The number of hydrogen-bond acceptors (Lipinski definition) is 4. The maximum absolute atomic E-state index is 12.9. The van der Waals surface area contributed by atoms with Crippen LogP contribution in [0.2, 0.25) is 0 Å². The van der Waals surface area contributed by atoms with Crippen LogP contribution in [0.15, 0.2) is 53.4 Å². The van der Waals surface area contributed by atoms with Crippen LogP contribution in [0.25, 0.3) is 0 Å². The Morgan fingerprint density at radius 3 is 2.48 bits per heavy atom. The molecule has 1 saturated heterocycles. The normalized spacial score (nSPS) is 15.2. The number of carbonyl (C=O) groups excluding carboxylic acids is 1. The Balaban J connectivity index is 1.80. The highest BCUT2D eigenvalue weighted by molar-refractivity contribution is 7.89. The summed E-state index contributed by atoms with van der Waals surface area (Å²) in [4.78, 5) is 15.3. The second-order valence-electron chi connectivity index (χ2n) is 7.74. The van der Waals surface area contributed by atoms with E-state index in [4.69, 9.17) is 0 Å². The second-order valence-corrected chi connectivity index (χ2v) is 9.73. The third kappa shape index (κ3) is 5.04. The summed E-state index contributed by atoms with van der Waals surface area (Å²) in [5.41, 5.74) is 2.14. The fourth-order valence-electron chi connectivity index (χ4n) is 3.40. The van der Waals surface area contributed by atoms with Crippen molar-refractivity contribution in [2.24, 2.45) is 0 Å². The number of carbonyl (C=O) groups is 1. The van der Waals surface area contributed by atoms with Crippen molar-refractivity contribution in [1.29, 1.82) is 0 Å². The van der Waals surface area contributed by atoms with Crippen LogP contribution in [0.5, 0.6) is 0 Å². The minimum absolute atomic E-state index is 0.117. The van der Waals surface area contributed by atoms with Crippen LogP contribution < -0.4 is 5.32 Å². The summed E-state index contributed by atoms with van der Waals surface area (Å²) < 4.78 is 26.8. The van der Waals surface area contributed by atoms with Crippen molar-refractivity contribution >= 4 is 21.6 Å². The highest BCUT2D eigenvalue weighted by Gasteiger charge is 2.24. The number of hydrogen-bond donors (Lipinski definition) is 1. The van der Waals surface area contributed by atoms with E-state index in [2.05, 4.69) is 10.2 Å². The average molecular weight is 416 g/mol. The monoisotopic (exact) mass is 415 g/mol. The van der Waals surface area contributed by atoms with Crippen LogP contribution in [0.1, 0.15) is 42.6 Å². The van der Waals surface area contributed by atoms with Crippen molar-refractivity contribution in [3.05, 3.63) is 59.7 Å². The standard InChI is InChI=1S/C22H29N3O3S/c1-17(2)24(3)29(27,28)20-11-8-10-18(15-20)22(26)23-21-12-5-4-9-19(21)16-25-13-6-7-14-25/h4-5,8-12,15,17H,6-7,13-14,16H2,1-3H3,(H,23,26). The molecule has 29 heavy (non-hydrogen) atoms. The summed E-state index contributed by atoms with van der Waals surface area (Å²) in [7, 11) is -2.10. The lowest BCUT2D eigenvalue weighted by Crippen LogP contribution is -2.33. The first-order valence-electron chi connectivity index (χ1n) is 9.99. The van der Waals surface area contributed by atoms with Crippen molar-refractivity contribution in [3.8, 4) is 0 Å². The van der Waals surface area contributed by atoms with Gasteiger partial charge in [0.1, 0.15) is 0 Å². The molecule has 6 nitrogen and oxygen atoms in total. The van der Waals surface area contributed by atoms with Gasteiger partial charge in [0.15, 0.2) is 0 Å². The number of likely N-dealkylation sites (tertiary alicyclic amines) is 1. The van der Waals surface area contributed by atoms with E-state index in [1.807, 2.05) is 38.1 Å². The molecule has 0 saturated carbocycles. The van der Waals surface area contributed by atoms with Crippen LogP contribution in [-0.4, -0.2) is 49.7 Å². The van der Waals surface area contributed by atoms with Gasteiger partial charge in [0.25, 0.3) is 5.91 Å². The Kier molecular flexibility index (Phi) is 6.72. The molecule has 0 atom stereocenters. The summed E-state index contributed by atoms with van der Waals surface area (Å²) in [5.74, 6) is -0.317. The molecule has 0 unspecified atom stereocenters. The third-order valence-corrected chi connectivity index (χ3v) is 7.39. The number of benzene rings is 2. The van der Waals surface area contributed by atoms with Crippen molar-refractivity contribution in [1.82, 2.24) is 9.21 Å². The quantitative estimate of drug-likeness (QED) is 0.751. The predicted octanol–water partition coefficient (Wildman–Crippen LogP) is 3.56. The van der Waals surface area contributed by atoms with E-state index in [1.54, 1.807) is 19.2 Å². The summed E-state index contributed by atoms with van der Waals surface area (Å²) in [6.45, 7) is 6.57. The smallest absolute Gasteiger partial charge is 0.255 e. The number of para-hydroxylation sites is 1. The van der Waals surface area contributed by atoms with Gasteiger partial charge in [-0.05, 0) is 69.6 Å². The molecular formula is C22H29N3O3S. The van der Waals surface area contributed by atoms with Crippen LogP contribution >= 0.6 is 0 Å². The molecule has 1 fully saturated rings. The lowest BCUT2D eigenvalue weighted by molar-refractivity contribution is 0.102. The molecule has 2 aromatic carbocycles. The van der Waals surface area contributed by atoms with Gasteiger partial charge in [-0.2, -0.15) is 4.31 Å². The van der Waals surface area contributed by atoms with Gasteiger partial charge in [-0.15, -0.1) is 0 Å². The highest BCUT2D eigenvalue weighted by Crippen LogP contribution is 2.22. The Morgan fingerprint density at radius 1 is 1.10 bits per heavy atom. The van der Waals surface area contributed by atoms with Crippen LogP contribution in [-0.2, 0) is 16.6 Å². The minimum atomic E-state index is -3.64. The summed E-state index contributed by atoms with van der Waals surface area (Å²) in [6, 6.07) is 13.8. The summed E-state index contributed by atoms with van der Waals surface area (Å²) >= 11 is 0. The summed E-state index contributed by atoms with van der Waals surface area (Å²) in [6.07, 6.45) is 2.42. The number of nitrogens with zero attached hydrogens (tertiary/aromatic N) is 2. The molecule has 0 aromatic heterocycles. The molecule has 156 valence electrons. The largest absolute Gasteiger partial charge is 0.322 e. The molecule has 3 rings (SSSR count). The Labute approximate surface area is 173 Å². The van der Waals surface area contributed by atoms with Crippen LogP contribution in [0.3, 0.4) is 0 Å². The highest BCUT2D eigenvalue weighted by atomic mass is 32.2. The molecule has 1 aliphatic rings. The van der Waals surface area contributed by atoms with Crippen LogP contribution in [0.4, 0.5) is 5.69 Å². The van der Waals surface area contributed by atoms with E-state index in [1.165, 1.54) is 29.3 Å². The van der Waals surface area contributed by atoms with Gasteiger partial charge in [0.2, 0.25) is 10.0 Å². The Morgan fingerprint density at radius 2 is 1.79 bits per heavy atom. The molecule has 0 aliphatic carbocycles. The molecule has 0 bridgehead atoms. The Bertz CT molecular complexity index is 967. The van der Waals surface area contributed by atoms with Gasteiger partial charge in [-0.1, -0.05) is 24.3 Å². The number of rotatable bonds is 7. The van der Waals surface area contributed by atoms with E-state index >= 15 is 0 Å². The number of sulfonamides is 1. The van der Waals surface area contributed by atoms with E-state index in [0.29, 0.717) is 5.56 Å². The van der Waals surface area contributed by atoms with Crippen molar-refractivity contribution < 1.29 is 13.2 Å². The molecule has 2 aromatic rings. The fraction of sp³-hybridized carbons (Fsp3) is 0.409. The zero-order chi connectivity index (χ0) is 21.0. The van der Waals surface area contributed by atoms with Gasteiger partial charge in [0, 0.05) is 30.9 Å². The number of amides is 1. The lowest BCUT2D eigenvalue weighted by atomic mass is 10.1. The van der Waals surface area contributed by atoms with Crippen molar-refractivity contribution in [2.45, 2.75) is 44.2 Å². The third-order valence-electron chi connectivity index (χ3n) is 5.36. The SMILES string of the molecule is CC(C)N(C)S(=O)(=O)c1cccc(C(=O)Nc2ccccc2CN2CCCC2)c1. The number of nitrogens with one attached hydrogen (secondary N) is 1. The van der Waals surface area contributed by atoms with Crippen molar-refractivity contribution in [3.63, 3.8) is 0 Å².